The minimum Gasteiger partial charge on any atom is -0.493 e. The summed E-state index contributed by atoms with van der Waals surface area (Å²) in [4.78, 5) is 2.51. The lowest BCUT2D eigenvalue weighted by molar-refractivity contribution is 0.193. The third-order valence-electron chi connectivity index (χ3n) is 10.2. The van der Waals surface area contributed by atoms with Gasteiger partial charge in [0.15, 0.2) is 34.5 Å². The zero-order valence-electron chi connectivity index (χ0n) is 24.7. The van der Waals surface area contributed by atoms with Gasteiger partial charge in [-0.1, -0.05) is 18.2 Å². The fourth-order valence-electron chi connectivity index (χ4n) is 7.98. The molecule has 7 heteroatoms. The van der Waals surface area contributed by atoms with Crippen molar-refractivity contribution in [1.29, 1.82) is 0 Å². The monoisotopic (exact) mass is 574 g/mol. The van der Waals surface area contributed by atoms with Crippen LogP contribution in [-0.4, -0.2) is 39.3 Å². The molecule has 5 aliphatic heterocycles. The van der Waals surface area contributed by atoms with Crippen LogP contribution in [0.5, 0.6) is 46.0 Å². The predicted molar refractivity (Wildman–Crippen MR) is 163 cm³/mol. The van der Waals surface area contributed by atoms with Crippen molar-refractivity contribution in [2.24, 2.45) is 0 Å². The normalized spacial score (nSPS) is 24.1. The van der Waals surface area contributed by atoms with Crippen LogP contribution in [0.2, 0.25) is 0 Å². The van der Waals surface area contributed by atoms with Crippen molar-refractivity contribution in [3.05, 3.63) is 94.0 Å². The molecule has 7 nitrogen and oxygen atoms in total. The molecule has 1 fully saturated rings. The Morgan fingerprint density at radius 2 is 1.63 bits per heavy atom. The largest absolute Gasteiger partial charge is 0.493 e. The van der Waals surface area contributed by atoms with Crippen molar-refractivity contribution in [2.75, 3.05) is 34.4 Å². The molecule has 218 valence electrons. The summed E-state index contributed by atoms with van der Waals surface area (Å²) < 4.78 is 31.7. The second-order valence-electron chi connectivity index (χ2n) is 12.4. The van der Waals surface area contributed by atoms with Crippen LogP contribution in [0.25, 0.3) is 0 Å². The lowest BCUT2D eigenvalue weighted by Gasteiger charge is -2.39. The Morgan fingerprint density at radius 1 is 0.814 bits per heavy atom. The number of benzene rings is 4. The number of hydrogen-bond donors (Lipinski definition) is 1. The highest BCUT2D eigenvalue weighted by atomic mass is 16.6. The highest BCUT2D eigenvalue weighted by Crippen LogP contribution is 2.69. The molecule has 0 aromatic heterocycles. The Labute approximate surface area is 251 Å². The van der Waals surface area contributed by atoms with Gasteiger partial charge in [-0.3, -0.25) is 4.90 Å². The van der Waals surface area contributed by atoms with E-state index < -0.39 is 0 Å². The van der Waals surface area contributed by atoms with E-state index in [4.69, 9.17) is 23.7 Å². The zero-order chi connectivity index (χ0) is 28.9. The van der Waals surface area contributed by atoms with Gasteiger partial charge in [-0.05, 0) is 110 Å². The van der Waals surface area contributed by atoms with Crippen LogP contribution in [0.3, 0.4) is 0 Å². The van der Waals surface area contributed by atoms with E-state index in [2.05, 4.69) is 71.9 Å². The second-order valence-corrected chi connectivity index (χ2v) is 12.4. The van der Waals surface area contributed by atoms with E-state index in [9.17, 15) is 0 Å². The average molecular weight is 575 g/mol. The minimum absolute atomic E-state index is 0.128. The summed E-state index contributed by atoms with van der Waals surface area (Å²) >= 11 is 0. The van der Waals surface area contributed by atoms with Gasteiger partial charge in [-0.15, -0.1) is 0 Å². The molecule has 1 saturated carbocycles. The Bertz CT molecular complexity index is 1800. The summed E-state index contributed by atoms with van der Waals surface area (Å²) in [5.74, 6) is 6.29. The highest BCUT2D eigenvalue weighted by molar-refractivity contribution is 5.70. The summed E-state index contributed by atoms with van der Waals surface area (Å²) in [5, 5.41) is 3.75. The van der Waals surface area contributed by atoms with Gasteiger partial charge in [0.2, 0.25) is 5.75 Å². The molecule has 1 N–H and O–H groups in total. The molecule has 2 unspecified atom stereocenters. The van der Waals surface area contributed by atoms with Crippen LogP contribution in [0.1, 0.15) is 51.8 Å². The van der Waals surface area contributed by atoms with Crippen molar-refractivity contribution in [2.45, 2.75) is 43.2 Å². The maximum Gasteiger partial charge on any atom is 0.212 e. The summed E-state index contributed by atoms with van der Waals surface area (Å²) in [5.41, 5.74) is 7.33. The fraction of sp³-hybridized carbons (Fsp3) is 0.333. The number of likely N-dealkylation sites (N-methyl/N-ethyl adjacent to an activating group) is 1. The van der Waals surface area contributed by atoms with Crippen molar-refractivity contribution in [3.8, 4) is 46.0 Å². The van der Waals surface area contributed by atoms with Crippen molar-refractivity contribution >= 4 is 0 Å². The van der Waals surface area contributed by atoms with Crippen LogP contribution in [-0.2, 0) is 24.8 Å². The van der Waals surface area contributed by atoms with Crippen LogP contribution in [0, 0.1) is 0 Å². The molecular formula is C36H34N2O5. The van der Waals surface area contributed by atoms with Gasteiger partial charge in [0.25, 0.3) is 0 Å². The molecule has 6 aliphatic rings. The molecule has 5 heterocycles. The number of hydrogen-bond acceptors (Lipinski definition) is 7. The molecule has 4 aromatic carbocycles. The van der Waals surface area contributed by atoms with Crippen LogP contribution < -0.4 is 29.0 Å². The summed E-state index contributed by atoms with van der Waals surface area (Å²) in [7, 11) is 5.65. The minimum atomic E-state index is -0.172. The lowest BCUT2D eigenvalue weighted by atomic mass is 9.86. The topological polar surface area (TPSA) is 61.4 Å². The first-order valence-corrected chi connectivity index (χ1v) is 15.2. The van der Waals surface area contributed by atoms with Gasteiger partial charge < -0.3 is 29.0 Å². The Kier molecular flexibility index (Phi) is 5.39. The van der Waals surface area contributed by atoms with E-state index >= 15 is 0 Å². The highest BCUT2D eigenvalue weighted by Gasteiger charge is 2.62. The molecule has 1 spiro atoms. The van der Waals surface area contributed by atoms with Gasteiger partial charge in [0.05, 0.1) is 19.8 Å². The number of fused-ring (bicyclic) bond motifs is 2. The van der Waals surface area contributed by atoms with Crippen molar-refractivity contribution < 1.29 is 23.7 Å². The van der Waals surface area contributed by atoms with Crippen molar-refractivity contribution in [3.63, 3.8) is 0 Å². The summed E-state index contributed by atoms with van der Waals surface area (Å²) in [6.07, 6.45) is 3.68. The first kappa shape index (κ1) is 25.3. The maximum atomic E-state index is 6.95. The van der Waals surface area contributed by atoms with Gasteiger partial charge in [-0.25, -0.2) is 0 Å². The van der Waals surface area contributed by atoms with Gasteiger partial charge >= 0.3 is 0 Å². The van der Waals surface area contributed by atoms with E-state index in [0.29, 0.717) is 11.7 Å². The Morgan fingerprint density at radius 3 is 2.47 bits per heavy atom. The third kappa shape index (κ3) is 3.68. The summed E-state index contributed by atoms with van der Waals surface area (Å²) in [6, 6.07) is 21.5. The maximum absolute atomic E-state index is 6.95. The van der Waals surface area contributed by atoms with Crippen LogP contribution in [0.15, 0.2) is 60.7 Å². The smallest absolute Gasteiger partial charge is 0.212 e. The first-order valence-electron chi connectivity index (χ1n) is 15.2. The SMILES string of the molecule is COc1ccc2cc1Oc1ccc(cc1)C1CC13c1c(cc(OC)c4c1Oc1cc5c(cc1O4)CCN[C@H]5C2)CCN3C. The number of rotatable bonds is 2. The molecule has 0 amide bonds. The van der Waals surface area contributed by atoms with E-state index in [1.807, 2.05) is 6.07 Å². The molecule has 43 heavy (non-hydrogen) atoms. The van der Waals surface area contributed by atoms with E-state index in [1.54, 1.807) is 14.2 Å². The molecule has 4 aromatic rings. The average Bonchev–Trinajstić information content (AvgIpc) is 3.77. The summed E-state index contributed by atoms with van der Waals surface area (Å²) in [6.45, 7) is 1.87. The number of nitrogens with zero attached hydrogens (tertiary/aromatic N) is 1. The Balaban J connectivity index is 1.26. The standard InChI is InChI=1S/C36H34N2O5/c1-38-13-11-23-17-32(40-3)34-35-33(23)36(38)19-26(36)21-5-7-24(8-6-21)41-29-15-20(4-9-28(29)39-2)14-27-25-18-31(43-35)30(42-34)16-22(25)10-12-37-27/h4-9,15-18,26-27,37H,10-14,19H2,1-3H3/t26?,27-,36?/m0/s1. The number of nitrogens with one attached hydrogen (secondary N) is 1. The second kappa shape index (κ2) is 9.15. The molecule has 0 saturated heterocycles. The third-order valence-corrected chi connectivity index (χ3v) is 10.2. The van der Waals surface area contributed by atoms with E-state index in [0.717, 1.165) is 79.0 Å². The van der Waals surface area contributed by atoms with Crippen molar-refractivity contribution in [1.82, 2.24) is 10.2 Å². The van der Waals surface area contributed by atoms with Crippen LogP contribution >= 0.6 is 0 Å². The predicted octanol–water partition coefficient (Wildman–Crippen LogP) is 7.01. The number of methoxy groups -OCH3 is 2. The zero-order valence-corrected chi connectivity index (χ0v) is 24.7. The quantitative estimate of drug-likeness (QED) is 0.243. The number of ether oxygens (including phenoxy) is 5. The van der Waals surface area contributed by atoms with Crippen LogP contribution in [0.4, 0.5) is 0 Å². The lowest BCUT2D eigenvalue weighted by Crippen LogP contribution is -2.40. The molecule has 7 bridgehead atoms. The first-order chi connectivity index (χ1) is 21.1. The molecule has 10 rings (SSSR count). The molecule has 1 aliphatic carbocycles. The fourth-order valence-corrected chi connectivity index (χ4v) is 7.98. The van der Waals surface area contributed by atoms with E-state index in [-0.39, 0.29) is 11.6 Å². The van der Waals surface area contributed by atoms with E-state index in [1.165, 1.54) is 33.4 Å². The van der Waals surface area contributed by atoms with Gasteiger partial charge in [-0.2, -0.15) is 0 Å². The molecular weight excluding hydrogens is 540 g/mol. The van der Waals surface area contributed by atoms with Gasteiger partial charge in [0.1, 0.15) is 5.75 Å². The molecule has 0 radical (unpaired) electrons. The molecule has 3 atom stereocenters. The Hall–Kier alpha value is -4.20. The van der Waals surface area contributed by atoms with Gasteiger partial charge in [0, 0.05) is 24.1 Å².